The Kier molecular flexibility index (Phi) is 11.6. The minimum absolute atomic E-state index is 0.0533. The van der Waals surface area contributed by atoms with Crippen molar-refractivity contribution < 1.29 is 29.1 Å². The van der Waals surface area contributed by atoms with E-state index >= 15 is 0 Å². The van der Waals surface area contributed by atoms with Crippen LogP contribution in [0.2, 0.25) is 0 Å². The van der Waals surface area contributed by atoms with Crippen molar-refractivity contribution in [2.75, 3.05) is 26.7 Å². The second-order valence-corrected chi connectivity index (χ2v) is 11.1. The molecule has 0 aliphatic carbocycles. The number of nitrogens with zero attached hydrogens (tertiary/aromatic N) is 2. The molecule has 11 heteroatoms. The van der Waals surface area contributed by atoms with Gasteiger partial charge in [0.1, 0.15) is 18.1 Å². The number of hydrogen-bond donors (Lipinski definition) is 4. The quantitative estimate of drug-likeness (QED) is 0.388. The largest absolute Gasteiger partial charge is 0.478 e. The average molecular weight is 580 g/mol. The molecule has 1 heterocycles. The van der Waals surface area contributed by atoms with E-state index in [4.69, 9.17) is 0 Å². The van der Waals surface area contributed by atoms with Crippen LogP contribution in [-0.4, -0.2) is 89.3 Å². The smallest absolute Gasteiger partial charge is 0.335 e. The predicted octanol–water partition coefficient (Wildman–Crippen LogP) is 1.42. The number of carbonyl (C=O) groups is 5. The molecule has 4 N–H and O–H groups in total. The number of carbonyl (C=O) groups excluding carboxylic acids is 4. The highest BCUT2D eigenvalue weighted by atomic mass is 16.4. The van der Waals surface area contributed by atoms with Gasteiger partial charge in [0.05, 0.1) is 12.1 Å². The summed E-state index contributed by atoms with van der Waals surface area (Å²) in [7, 11) is 1.52. The average Bonchev–Trinajstić information content (AvgIpc) is 2.95. The molecule has 42 heavy (non-hydrogen) atoms. The number of amides is 4. The molecule has 2 aromatic carbocycles. The van der Waals surface area contributed by atoms with E-state index in [1.165, 1.54) is 24.1 Å². The van der Waals surface area contributed by atoms with Gasteiger partial charge in [0, 0.05) is 33.1 Å². The van der Waals surface area contributed by atoms with Crippen LogP contribution in [0, 0.1) is 5.92 Å². The van der Waals surface area contributed by atoms with E-state index < -0.39 is 35.9 Å². The number of carboxylic acid groups (broad SMARTS) is 1. The van der Waals surface area contributed by atoms with Crippen LogP contribution in [0.15, 0.2) is 54.6 Å². The van der Waals surface area contributed by atoms with E-state index in [9.17, 15) is 29.1 Å². The Morgan fingerprint density at radius 2 is 1.60 bits per heavy atom. The molecule has 1 fully saturated rings. The summed E-state index contributed by atoms with van der Waals surface area (Å²) in [6, 6.07) is 13.1. The highest BCUT2D eigenvalue weighted by molar-refractivity contribution is 5.94. The fraction of sp³-hybridized carbons (Fsp3) is 0.452. The van der Waals surface area contributed by atoms with Crippen molar-refractivity contribution in [1.82, 2.24) is 25.8 Å². The summed E-state index contributed by atoms with van der Waals surface area (Å²) in [5.74, 6) is -2.55. The minimum atomic E-state index is -1.03. The third kappa shape index (κ3) is 9.41. The monoisotopic (exact) mass is 579 g/mol. The Bertz CT molecular complexity index is 1250. The zero-order chi connectivity index (χ0) is 30.8. The molecule has 1 aliphatic rings. The topological polar surface area (TPSA) is 148 Å². The lowest BCUT2D eigenvalue weighted by atomic mass is 10.0. The van der Waals surface area contributed by atoms with Crippen molar-refractivity contribution in [3.8, 4) is 0 Å². The molecular weight excluding hydrogens is 538 g/mol. The van der Waals surface area contributed by atoms with Gasteiger partial charge < -0.3 is 26.0 Å². The highest BCUT2D eigenvalue weighted by Crippen LogP contribution is 2.12. The first-order valence-corrected chi connectivity index (χ1v) is 14.2. The van der Waals surface area contributed by atoms with Crippen LogP contribution < -0.4 is 16.0 Å². The van der Waals surface area contributed by atoms with Gasteiger partial charge in [-0.05, 0) is 42.5 Å². The van der Waals surface area contributed by atoms with E-state index in [2.05, 4.69) is 16.0 Å². The maximum Gasteiger partial charge on any atom is 0.335 e. The van der Waals surface area contributed by atoms with Crippen molar-refractivity contribution in [3.05, 3.63) is 71.3 Å². The van der Waals surface area contributed by atoms with Crippen LogP contribution in [0.1, 0.15) is 48.7 Å². The van der Waals surface area contributed by atoms with Crippen LogP contribution in [-0.2, 0) is 32.1 Å². The number of benzene rings is 2. The summed E-state index contributed by atoms with van der Waals surface area (Å²) in [4.78, 5) is 67.6. The minimum Gasteiger partial charge on any atom is -0.478 e. The zero-order valence-electron chi connectivity index (χ0n) is 24.6. The number of aromatic carboxylic acids is 1. The second-order valence-electron chi connectivity index (χ2n) is 11.1. The molecule has 1 aliphatic heterocycles. The van der Waals surface area contributed by atoms with Gasteiger partial charge in [0.15, 0.2) is 0 Å². The number of nitrogens with one attached hydrogen (secondary N) is 3. The van der Waals surface area contributed by atoms with Crippen LogP contribution in [0.25, 0.3) is 0 Å². The van der Waals surface area contributed by atoms with Crippen LogP contribution in [0.3, 0.4) is 0 Å². The molecule has 3 rings (SSSR count). The SMILES string of the molecule is CC(C)C[C@@H]1NC(=O)CN(Cc2ccc(C(=O)O)cc2)CCNC(=O)[C@H](Cc2ccccc2)NC(=O)[C@H](C)N(C)C1=O. The molecule has 1 saturated heterocycles. The van der Waals surface area contributed by atoms with E-state index in [1.807, 2.05) is 49.1 Å². The van der Waals surface area contributed by atoms with Crippen LogP contribution in [0.5, 0.6) is 0 Å². The number of rotatable bonds is 7. The summed E-state index contributed by atoms with van der Waals surface area (Å²) < 4.78 is 0. The molecule has 0 radical (unpaired) electrons. The molecule has 4 amide bonds. The molecule has 11 nitrogen and oxygen atoms in total. The van der Waals surface area contributed by atoms with Gasteiger partial charge in [-0.2, -0.15) is 0 Å². The molecule has 2 aromatic rings. The lowest BCUT2D eigenvalue weighted by Crippen LogP contribution is -2.56. The summed E-state index contributed by atoms with van der Waals surface area (Å²) in [6.45, 7) is 6.24. The zero-order valence-corrected chi connectivity index (χ0v) is 24.6. The van der Waals surface area contributed by atoms with Gasteiger partial charge in [-0.1, -0.05) is 56.3 Å². The molecule has 0 bridgehead atoms. The van der Waals surface area contributed by atoms with Gasteiger partial charge in [-0.15, -0.1) is 0 Å². The summed E-state index contributed by atoms with van der Waals surface area (Å²) in [6.07, 6.45) is 0.648. The first-order valence-electron chi connectivity index (χ1n) is 14.2. The first-order chi connectivity index (χ1) is 19.9. The Morgan fingerprint density at radius 1 is 0.929 bits per heavy atom. The lowest BCUT2D eigenvalue weighted by molar-refractivity contribution is -0.142. The Morgan fingerprint density at radius 3 is 2.21 bits per heavy atom. The van der Waals surface area contributed by atoms with E-state index in [1.54, 1.807) is 19.1 Å². The number of carboxylic acids is 1. The number of hydrogen-bond acceptors (Lipinski definition) is 6. The fourth-order valence-electron chi connectivity index (χ4n) is 4.79. The van der Waals surface area contributed by atoms with Crippen molar-refractivity contribution in [3.63, 3.8) is 0 Å². The van der Waals surface area contributed by atoms with Gasteiger partial charge in [-0.25, -0.2) is 4.79 Å². The third-order valence-electron chi connectivity index (χ3n) is 7.27. The lowest BCUT2D eigenvalue weighted by Gasteiger charge is -2.30. The molecular formula is C31H41N5O6. The van der Waals surface area contributed by atoms with E-state index in [0.29, 0.717) is 19.5 Å². The Hall–Kier alpha value is -4.25. The third-order valence-corrected chi connectivity index (χ3v) is 7.27. The standard InChI is InChI=1S/C31H41N5O6/c1-20(2)16-26-30(40)35(4)21(3)28(38)34-25(17-22-8-6-5-7-9-22)29(39)32-14-15-36(19-27(37)33-26)18-23-10-12-24(13-11-23)31(41)42/h5-13,20-21,25-26H,14-19H2,1-4H3,(H,32,39)(H,33,37)(H,34,38)(H,41,42)/t21-,25-,26-/m0/s1. The Labute approximate surface area is 246 Å². The van der Waals surface area contributed by atoms with Crippen molar-refractivity contribution in [2.45, 2.75) is 58.3 Å². The maximum atomic E-state index is 13.5. The molecule has 226 valence electrons. The van der Waals surface area contributed by atoms with Crippen molar-refractivity contribution in [2.24, 2.45) is 5.92 Å². The first kappa shape index (κ1) is 32.3. The highest BCUT2D eigenvalue weighted by Gasteiger charge is 2.32. The maximum absolute atomic E-state index is 13.5. The predicted molar refractivity (Wildman–Crippen MR) is 157 cm³/mol. The molecule has 0 unspecified atom stereocenters. The molecule has 0 saturated carbocycles. The fourth-order valence-corrected chi connectivity index (χ4v) is 4.79. The van der Waals surface area contributed by atoms with Crippen molar-refractivity contribution >= 4 is 29.6 Å². The van der Waals surface area contributed by atoms with Gasteiger partial charge >= 0.3 is 5.97 Å². The van der Waals surface area contributed by atoms with Crippen LogP contribution in [0.4, 0.5) is 0 Å². The summed E-state index contributed by atoms with van der Waals surface area (Å²) in [5.41, 5.74) is 1.81. The van der Waals surface area contributed by atoms with E-state index in [-0.39, 0.29) is 42.8 Å². The van der Waals surface area contributed by atoms with Crippen LogP contribution >= 0.6 is 0 Å². The van der Waals surface area contributed by atoms with Crippen molar-refractivity contribution in [1.29, 1.82) is 0 Å². The summed E-state index contributed by atoms with van der Waals surface area (Å²) in [5, 5.41) is 17.8. The van der Waals surface area contributed by atoms with E-state index in [0.717, 1.165) is 11.1 Å². The van der Waals surface area contributed by atoms with Gasteiger partial charge in [-0.3, -0.25) is 24.1 Å². The molecule has 0 spiro atoms. The second kappa shape index (κ2) is 15.1. The molecule has 0 aromatic heterocycles. The van der Waals surface area contributed by atoms with Gasteiger partial charge in [0.2, 0.25) is 23.6 Å². The number of likely N-dealkylation sites (N-methyl/N-ethyl adjacent to an activating group) is 1. The molecule has 3 atom stereocenters. The normalized spacial score (nSPS) is 21.6. The van der Waals surface area contributed by atoms with Gasteiger partial charge in [0.25, 0.3) is 0 Å². The summed E-state index contributed by atoms with van der Waals surface area (Å²) >= 11 is 0. The Balaban J connectivity index is 1.89.